The number of fused-ring (bicyclic) bond motifs is 1. The largest absolute Gasteiger partial charge is 0.380 e. The molecule has 0 aliphatic carbocycles. The van der Waals surface area contributed by atoms with Crippen molar-refractivity contribution in [3.05, 3.63) is 59.5 Å². The average Bonchev–Trinajstić information content (AvgIpc) is 3.16. The maximum atomic E-state index is 13.6. The van der Waals surface area contributed by atoms with Gasteiger partial charge >= 0.3 is 0 Å². The van der Waals surface area contributed by atoms with Crippen molar-refractivity contribution < 1.29 is 19.1 Å². The van der Waals surface area contributed by atoms with E-state index in [1.54, 1.807) is 31.3 Å². The van der Waals surface area contributed by atoms with Gasteiger partial charge in [0.2, 0.25) is 6.41 Å². The lowest BCUT2D eigenvalue weighted by Gasteiger charge is -2.10. The number of halogens is 1. The lowest BCUT2D eigenvalue weighted by atomic mass is 10.1. The molecule has 0 unspecified atom stereocenters. The smallest absolute Gasteiger partial charge is 0.269 e. The van der Waals surface area contributed by atoms with E-state index in [1.165, 1.54) is 27.8 Å². The van der Waals surface area contributed by atoms with Crippen molar-refractivity contribution in [1.82, 2.24) is 14.7 Å². The van der Waals surface area contributed by atoms with Gasteiger partial charge in [-0.05, 0) is 36.4 Å². The van der Waals surface area contributed by atoms with Crippen LogP contribution in [0.25, 0.3) is 16.6 Å². The van der Waals surface area contributed by atoms with Gasteiger partial charge in [-0.25, -0.2) is 9.07 Å². The molecule has 0 aliphatic rings. The van der Waals surface area contributed by atoms with E-state index < -0.39 is 17.8 Å². The summed E-state index contributed by atoms with van der Waals surface area (Å²) in [4.78, 5) is 23.7. The van der Waals surface area contributed by atoms with E-state index in [-0.39, 0.29) is 5.69 Å². The summed E-state index contributed by atoms with van der Waals surface area (Å²) in [5, 5.41) is 14.5. The third-order valence-electron chi connectivity index (χ3n) is 4.28. The Bertz CT molecular complexity index is 1170. The first-order valence-corrected chi connectivity index (χ1v) is 9.16. The van der Waals surface area contributed by atoms with Gasteiger partial charge in [0.15, 0.2) is 5.69 Å². The van der Waals surface area contributed by atoms with Crippen LogP contribution in [0.2, 0.25) is 0 Å². The second kappa shape index (κ2) is 10.6. The SMILES string of the molecule is C#C.CN(C=O)CC[C@@H](O)C#Cc1cccc(-n2nc(C(N)=O)c3cc(F)ccc32)c1. The molecule has 158 valence electrons. The molecule has 1 atom stereocenters. The Morgan fingerprint density at radius 1 is 1.35 bits per heavy atom. The first-order valence-electron chi connectivity index (χ1n) is 9.16. The molecule has 8 heteroatoms. The summed E-state index contributed by atoms with van der Waals surface area (Å²) in [5.74, 6) is 4.37. The number of carbonyl (C=O) groups excluding carboxylic acids is 2. The molecule has 2 amide bonds. The van der Waals surface area contributed by atoms with Crippen LogP contribution < -0.4 is 5.73 Å². The summed E-state index contributed by atoms with van der Waals surface area (Å²) >= 11 is 0. The third kappa shape index (κ3) is 5.69. The second-order valence-corrected chi connectivity index (χ2v) is 6.50. The molecular weight excluding hydrogens is 399 g/mol. The highest BCUT2D eigenvalue weighted by atomic mass is 19.1. The third-order valence-corrected chi connectivity index (χ3v) is 4.28. The molecule has 0 saturated heterocycles. The Morgan fingerprint density at radius 2 is 2.10 bits per heavy atom. The minimum Gasteiger partial charge on any atom is -0.380 e. The number of primary amides is 1. The van der Waals surface area contributed by atoms with Crippen molar-refractivity contribution >= 4 is 23.2 Å². The summed E-state index contributed by atoms with van der Waals surface area (Å²) in [6.45, 7) is 0.394. The molecule has 0 bridgehead atoms. The molecule has 2 aromatic carbocycles. The van der Waals surface area contributed by atoms with Crippen LogP contribution in [0, 0.1) is 30.5 Å². The standard InChI is InChI=1S/C21H19FN4O3.C2H2/c1-25(13-27)10-9-17(28)7-5-14-3-2-4-16(11-14)26-19-8-6-15(22)12-18(19)20(24-26)21(23)29;1-2/h2-4,6,8,11-13,17,28H,9-10H2,1H3,(H2,23,29);1-2H/t17-;/m0./s1. The number of aliphatic hydroxyl groups excluding tert-OH is 1. The van der Waals surface area contributed by atoms with Crippen molar-refractivity contribution in [3.63, 3.8) is 0 Å². The van der Waals surface area contributed by atoms with Crippen LogP contribution in [-0.2, 0) is 4.79 Å². The predicted molar refractivity (Wildman–Crippen MR) is 116 cm³/mol. The fourth-order valence-corrected chi connectivity index (χ4v) is 2.80. The van der Waals surface area contributed by atoms with Gasteiger partial charge in [0.05, 0.1) is 11.2 Å². The molecule has 31 heavy (non-hydrogen) atoms. The van der Waals surface area contributed by atoms with E-state index >= 15 is 0 Å². The van der Waals surface area contributed by atoms with Crippen molar-refractivity contribution in [1.29, 1.82) is 0 Å². The van der Waals surface area contributed by atoms with Crippen LogP contribution in [-0.4, -0.2) is 51.8 Å². The molecule has 3 rings (SSSR count). The molecule has 0 fully saturated rings. The van der Waals surface area contributed by atoms with Crippen LogP contribution in [0.5, 0.6) is 0 Å². The Balaban J connectivity index is 0.00000166. The zero-order chi connectivity index (χ0) is 23.0. The van der Waals surface area contributed by atoms with Crippen molar-refractivity contribution in [3.8, 4) is 30.4 Å². The summed E-state index contributed by atoms with van der Waals surface area (Å²) in [6.07, 6.45) is 8.14. The molecule has 3 aromatic rings. The summed E-state index contributed by atoms with van der Waals surface area (Å²) in [6, 6.07) is 11.0. The number of nitrogens with zero attached hydrogens (tertiary/aromatic N) is 3. The van der Waals surface area contributed by atoms with E-state index in [9.17, 15) is 19.1 Å². The fraction of sp³-hybridized carbons (Fsp3) is 0.174. The van der Waals surface area contributed by atoms with Crippen LogP contribution in [0.15, 0.2) is 42.5 Å². The number of aromatic nitrogens is 2. The fourth-order valence-electron chi connectivity index (χ4n) is 2.80. The van der Waals surface area contributed by atoms with E-state index in [4.69, 9.17) is 5.73 Å². The zero-order valence-electron chi connectivity index (χ0n) is 16.8. The Labute approximate surface area is 179 Å². The van der Waals surface area contributed by atoms with E-state index in [0.717, 1.165) is 0 Å². The molecule has 1 aromatic heterocycles. The van der Waals surface area contributed by atoms with Crippen LogP contribution in [0.3, 0.4) is 0 Å². The molecule has 0 radical (unpaired) electrons. The molecule has 0 spiro atoms. The number of benzene rings is 2. The number of rotatable bonds is 6. The van der Waals surface area contributed by atoms with Crippen LogP contribution in [0.4, 0.5) is 4.39 Å². The summed E-state index contributed by atoms with van der Waals surface area (Å²) < 4.78 is 15.1. The minimum atomic E-state index is -0.879. The minimum absolute atomic E-state index is 0.0225. The van der Waals surface area contributed by atoms with E-state index in [2.05, 4.69) is 29.8 Å². The Kier molecular flexibility index (Phi) is 7.90. The lowest BCUT2D eigenvalue weighted by molar-refractivity contribution is -0.117. The first kappa shape index (κ1) is 23.1. The first-order chi connectivity index (χ1) is 14.9. The van der Waals surface area contributed by atoms with Crippen LogP contribution in [0.1, 0.15) is 22.5 Å². The summed E-state index contributed by atoms with van der Waals surface area (Å²) in [5.41, 5.74) is 7.12. The highest BCUT2D eigenvalue weighted by molar-refractivity contribution is 6.04. The maximum absolute atomic E-state index is 13.6. The number of hydrogen-bond acceptors (Lipinski definition) is 4. The van der Waals surface area contributed by atoms with Gasteiger partial charge in [-0.15, -0.1) is 12.8 Å². The van der Waals surface area contributed by atoms with E-state index in [1.807, 2.05) is 0 Å². The number of aliphatic hydroxyl groups is 1. The van der Waals surface area contributed by atoms with Gasteiger partial charge in [-0.2, -0.15) is 5.10 Å². The quantitative estimate of drug-likeness (QED) is 0.468. The van der Waals surface area contributed by atoms with Gasteiger partial charge in [0.1, 0.15) is 11.9 Å². The number of terminal acetylenes is 1. The number of nitrogens with two attached hydrogens (primary N) is 1. The number of hydrogen-bond donors (Lipinski definition) is 2. The zero-order valence-corrected chi connectivity index (χ0v) is 16.8. The van der Waals surface area contributed by atoms with Crippen molar-refractivity contribution in [2.45, 2.75) is 12.5 Å². The molecule has 0 saturated carbocycles. The Morgan fingerprint density at radius 3 is 2.77 bits per heavy atom. The normalized spacial score (nSPS) is 10.9. The van der Waals surface area contributed by atoms with Gasteiger partial charge in [0.25, 0.3) is 5.91 Å². The molecule has 3 N–H and O–H groups in total. The molecular formula is C23H21FN4O3. The van der Waals surface area contributed by atoms with Gasteiger partial charge < -0.3 is 15.7 Å². The molecule has 0 aliphatic heterocycles. The number of carbonyl (C=O) groups is 2. The topological polar surface area (TPSA) is 101 Å². The molecule has 7 nitrogen and oxygen atoms in total. The number of amides is 2. The van der Waals surface area contributed by atoms with Gasteiger partial charge in [-0.3, -0.25) is 9.59 Å². The average molecular weight is 420 g/mol. The van der Waals surface area contributed by atoms with Crippen molar-refractivity contribution in [2.24, 2.45) is 5.73 Å². The highest BCUT2D eigenvalue weighted by Gasteiger charge is 2.16. The van der Waals surface area contributed by atoms with Gasteiger partial charge in [0, 0.05) is 31.0 Å². The van der Waals surface area contributed by atoms with Gasteiger partial charge in [-0.1, -0.05) is 17.9 Å². The van der Waals surface area contributed by atoms with E-state index in [0.29, 0.717) is 41.5 Å². The predicted octanol–water partition coefficient (Wildman–Crippen LogP) is 1.70. The Hall–Kier alpha value is -4.14. The van der Waals surface area contributed by atoms with Crippen LogP contribution >= 0.6 is 0 Å². The maximum Gasteiger partial charge on any atom is 0.269 e. The highest BCUT2D eigenvalue weighted by Crippen LogP contribution is 2.23. The van der Waals surface area contributed by atoms with Crippen molar-refractivity contribution in [2.75, 3.05) is 13.6 Å². The lowest BCUT2D eigenvalue weighted by Crippen LogP contribution is -2.21. The summed E-state index contributed by atoms with van der Waals surface area (Å²) in [7, 11) is 1.62. The second-order valence-electron chi connectivity index (χ2n) is 6.50. The molecule has 1 heterocycles. The monoisotopic (exact) mass is 420 g/mol.